The molecule has 0 aliphatic heterocycles. The van der Waals surface area contributed by atoms with Gasteiger partial charge in [-0.2, -0.15) is 0 Å². The summed E-state index contributed by atoms with van der Waals surface area (Å²) < 4.78 is 6.00. The summed E-state index contributed by atoms with van der Waals surface area (Å²) in [7, 11) is 0. The summed E-state index contributed by atoms with van der Waals surface area (Å²) in [5.74, 6) is 0.854. The van der Waals surface area contributed by atoms with Crippen molar-refractivity contribution in [2.45, 2.75) is 29.6 Å². The molecule has 1 fully saturated rings. The van der Waals surface area contributed by atoms with Crippen LogP contribution in [0.4, 0.5) is 0 Å². The highest BCUT2D eigenvalue weighted by Gasteiger charge is 2.22. The highest BCUT2D eigenvalue weighted by Crippen LogP contribution is 2.39. The highest BCUT2D eigenvalue weighted by molar-refractivity contribution is 8.00. The van der Waals surface area contributed by atoms with Crippen molar-refractivity contribution in [3.63, 3.8) is 0 Å². The molecule has 3 aromatic rings. The van der Waals surface area contributed by atoms with Gasteiger partial charge in [-0.1, -0.05) is 12.1 Å². The van der Waals surface area contributed by atoms with Crippen molar-refractivity contribution < 1.29 is 4.74 Å². The van der Waals surface area contributed by atoms with E-state index in [0.29, 0.717) is 6.61 Å². The summed E-state index contributed by atoms with van der Waals surface area (Å²) in [6.45, 7) is 0.570. The first-order valence-electron chi connectivity index (χ1n) is 7.45. The molecule has 1 aliphatic rings. The standard InChI is InChI=1S/C18H16N2OS/c1-2-13(10-15(3-1)22-14-4-5-14)12-21-18-7-9-20-17-11-19-8-6-16(17)18/h1-3,6-11,14H,4-5,12H2. The third-order valence-electron chi connectivity index (χ3n) is 3.62. The van der Waals surface area contributed by atoms with Crippen molar-refractivity contribution in [2.75, 3.05) is 0 Å². The van der Waals surface area contributed by atoms with Crippen molar-refractivity contribution in [3.8, 4) is 5.75 Å². The van der Waals surface area contributed by atoms with Crippen molar-refractivity contribution in [3.05, 3.63) is 60.6 Å². The number of hydrogen-bond acceptors (Lipinski definition) is 4. The van der Waals surface area contributed by atoms with Gasteiger partial charge >= 0.3 is 0 Å². The maximum atomic E-state index is 6.00. The number of fused-ring (bicyclic) bond motifs is 1. The minimum atomic E-state index is 0.570. The van der Waals surface area contributed by atoms with Gasteiger partial charge in [0.05, 0.1) is 11.7 Å². The Labute approximate surface area is 133 Å². The second kappa shape index (κ2) is 5.97. The molecule has 3 nitrogen and oxygen atoms in total. The Kier molecular flexibility index (Phi) is 3.69. The molecule has 1 aliphatic carbocycles. The van der Waals surface area contributed by atoms with Gasteiger partial charge in [-0.15, -0.1) is 11.8 Å². The fraction of sp³-hybridized carbons (Fsp3) is 0.222. The van der Waals surface area contributed by atoms with E-state index in [0.717, 1.165) is 21.9 Å². The summed E-state index contributed by atoms with van der Waals surface area (Å²) in [5, 5.41) is 1.83. The van der Waals surface area contributed by atoms with E-state index in [4.69, 9.17) is 4.74 Å². The van der Waals surface area contributed by atoms with Gasteiger partial charge < -0.3 is 4.74 Å². The zero-order valence-electron chi connectivity index (χ0n) is 12.1. The first-order valence-corrected chi connectivity index (χ1v) is 8.33. The summed E-state index contributed by atoms with van der Waals surface area (Å²) in [5.41, 5.74) is 2.06. The van der Waals surface area contributed by atoms with Crippen molar-refractivity contribution in [1.29, 1.82) is 0 Å². The van der Waals surface area contributed by atoms with Crippen molar-refractivity contribution >= 4 is 22.7 Å². The van der Waals surface area contributed by atoms with E-state index in [2.05, 4.69) is 34.2 Å². The Bertz CT molecular complexity index is 796. The topological polar surface area (TPSA) is 35.0 Å². The molecule has 0 N–H and O–H groups in total. The Balaban J connectivity index is 1.51. The van der Waals surface area contributed by atoms with Crippen LogP contribution in [0.2, 0.25) is 0 Å². The molecule has 2 aromatic heterocycles. The van der Waals surface area contributed by atoms with E-state index >= 15 is 0 Å². The zero-order chi connectivity index (χ0) is 14.8. The number of benzene rings is 1. The monoisotopic (exact) mass is 308 g/mol. The molecule has 0 spiro atoms. The first-order chi connectivity index (χ1) is 10.9. The van der Waals surface area contributed by atoms with Gasteiger partial charge in [-0.3, -0.25) is 9.97 Å². The van der Waals surface area contributed by atoms with Crippen LogP contribution in [0.3, 0.4) is 0 Å². The number of nitrogens with zero attached hydrogens (tertiary/aromatic N) is 2. The van der Waals surface area contributed by atoms with Gasteiger partial charge in [0.25, 0.3) is 0 Å². The van der Waals surface area contributed by atoms with Crippen molar-refractivity contribution in [2.24, 2.45) is 0 Å². The minimum absolute atomic E-state index is 0.570. The minimum Gasteiger partial charge on any atom is -0.488 e. The molecule has 2 heterocycles. The number of aromatic nitrogens is 2. The van der Waals surface area contributed by atoms with Gasteiger partial charge in [-0.25, -0.2) is 0 Å². The quantitative estimate of drug-likeness (QED) is 0.697. The predicted molar refractivity (Wildman–Crippen MR) is 89.2 cm³/mol. The summed E-state index contributed by atoms with van der Waals surface area (Å²) in [6, 6.07) is 12.5. The molecular weight excluding hydrogens is 292 g/mol. The molecular formula is C18H16N2OS. The number of hydrogen-bond donors (Lipinski definition) is 0. The molecule has 110 valence electrons. The Morgan fingerprint density at radius 3 is 3.00 bits per heavy atom. The van der Waals surface area contributed by atoms with E-state index in [-0.39, 0.29) is 0 Å². The van der Waals surface area contributed by atoms with E-state index in [9.17, 15) is 0 Å². The lowest BCUT2D eigenvalue weighted by Crippen LogP contribution is -1.97. The Morgan fingerprint density at radius 1 is 1.14 bits per heavy atom. The maximum absolute atomic E-state index is 6.00. The molecule has 1 aromatic carbocycles. The molecule has 0 unspecified atom stereocenters. The SMILES string of the molecule is c1cc(COc2ccnc3cnccc23)cc(SC2CC2)c1. The van der Waals surface area contributed by atoms with E-state index in [1.54, 1.807) is 18.6 Å². The molecule has 4 heteroatoms. The first kappa shape index (κ1) is 13.6. The van der Waals surface area contributed by atoms with Gasteiger partial charge in [0, 0.05) is 27.9 Å². The molecule has 0 atom stereocenters. The van der Waals surface area contributed by atoms with E-state index < -0.39 is 0 Å². The van der Waals surface area contributed by atoms with Crippen LogP contribution >= 0.6 is 11.8 Å². The van der Waals surface area contributed by atoms with Gasteiger partial charge in [0.1, 0.15) is 12.4 Å². The molecule has 0 amide bonds. The highest BCUT2D eigenvalue weighted by atomic mass is 32.2. The molecule has 4 rings (SSSR count). The fourth-order valence-electron chi connectivity index (χ4n) is 2.35. The molecule has 22 heavy (non-hydrogen) atoms. The van der Waals surface area contributed by atoms with Gasteiger partial charge in [0.2, 0.25) is 0 Å². The lowest BCUT2D eigenvalue weighted by molar-refractivity contribution is 0.309. The van der Waals surface area contributed by atoms with Crippen LogP contribution in [-0.4, -0.2) is 15.2 Å². The second-order valence-corrected chi connectivity index (χ2v) is 6.83. The van der Waals surface area contributed by atoms with E-state index in [1.165, 1.54) is 23.3 Å². The molecule has 1 saturated carbocycles. The number of pyridine rings is 2. The lowest BCUT2D eigenvalue weighted by Gasteiger charge is -2.09. The normalized spacial score (nSPS) is 14.2. The van der Waals surface area contributed by atoms with Gasteiger partial charge in [0.15, 0.2) is 0 Å². The maximum Gasteiger partial charge on any atom is 0.130 e. The Hall–Kier alpha value is -2.07. The molecule has 0 radical (unpaired) electrons. The Morgan fingerprint density at radius 2 is 2.09 bits per heavy atom. The van der Waals surface area contributed by atoms with Gasteiger partial charge in [-0.05, 0) is 42.7 Å². The molecule has 0 bridgehead atoms. The van der Waals surface area contributed by atoms with Crippen LogP contribution < -0.4 is 4.74 Å². The number of rotatable bonds is 5. The van der Waals surface area contributed by atoms with Crippen LogP contribution in [0.1, 0.15) is 18.4 Å². The third-order valence-corrected chi connectivity index (χ3v) is 4.96. The largest absolute Gasteiger partial charge is 0.488 e. The average Bonchev–Trinajstić information content (AvgIpc) is 3.37. The van der Waals surface area contributed by atoms with Crippen LogP contribution in [0.5, 0.6) is 5.75 Å². The fourth-order valence-corrected chi connectivity index (χ4v) is 3.48. The van der Waals surface area contributed by atoms with E-state index in [1.807, 2.05) is 23.9 Å². The summed E-state index contributed by atoms with van der Waals surface area (Å²) >= 11 is 1.97. The lowest BCUT2D eigenvalue weighted by atomic mass is 10.2. The zero-order valence-corrected chi connectivity index (χ0v) is 12.9. The van der Waals surface area contributed by atoms with Crippen LogP contribution in [-0.2, 0) is 6.61 Å². The van der Waals surface area contributed by atoms with Crippen LogP contribution in [0.25, 0.3) is 10.9 Å². The molecule has 0 saturated heterocycles. The van der Waals surface area contributed by atoms with Crippen molar-refractivity contribution in [1.82, 2.24) is 9.97 Å². The third kappa shape index (κ3) is 3.07. The average molecular weight is 308 g/mol. The number of ether oxygens (including phenoxy) is 1. The van der Waals surface area contributed by atoms with Crippen LogP contribution in [0, 0.1) is 0 Å². The smallest absolute Gasteiger partial charge is 0.130 e. The van der Waals surface area contributed by atoms with Crippen LogP contribution in [0.15, 0.2) is 59.9 Å². The summed E-state index contributed by atoms with van der Waals surface area (Å²) in [4.78, 5) is 9.74. The second-order valence-electron chi connectivity index (χ2n) is 5.46. The summed E-state index contributed by atoms with van der Waals surface area (Å²) in [6.07, 6.45) is 7.99. The predicted octanol–water partition coefficient (Wildman–Crippen LogP) is 4.46. The number of thioether (sulfide) groups is 1.